The zero-order valence-electron chi connectivity index (χ0n) is 18.2. The summed E-state index contributed by atoms with van der Waals surface area (Å²) in [4.78, 5) is 12.1. The first-order valence-electron chi connectivity index (χ1n) is 9.98. The standard InChI is InChI=1S/C23H27ClN4O2S/c1-23(2,3)17-7-11-19(12-8-17)30-14-20-26-27-22(28(20)4)31-15-21(29)25-13-16-5-9-18(24)10-6-16/h5-12H,13-15H2,1-4H3,(H,25,29). The van der Waals surface area contributed by atoms with Gasteiger partial charge in [0.15, 0.2) is 11.0 Å². The minimum atomic E-state index is -0.0697. The average Bonchev–Trinajstić information content (AvgIpc) is 3.09. The molecule has 0 fully saturated rings. The summed E-state index contributed by atoms with van der Waals surface area (Å²) in [6.07, 6.45) is 0. The summed E-state index contributed by atoms with van der Waals surface area (Å²) in [5, 5.41) is 12.6. The van der Waals surface area contributed by atoms with Crippen LogP contribution in [0.2, 0.25) is 5.02 Å². The number of carbonyl (C=O) groups excluding carboxylic acids is 1. The Kier molecular flexibility index (Phi) is 7.62. The molecule has 1 heterocycles. The molecule has 0 bridgehead atoms. The summed E-state index contributed by atoms with van der Waals surface area (Å²) in [5.41, 5.74) is 2.36. The molecule has 1 N–H and O–H groups in total. The maximum Gasteiger partial charge on any atom is 0.230 e. The number of halogens is 1. The number of hydrogen-bond acceptors (Lipinski definition) is 5. The van der Waals surface area contributed by atoms with Crippen molar-refractivity contribution >= 4 is 29.3 Å². The lowest BCUT2D eigenvalue weighted by molar-refractivity contribution is -0.118. The van der Waals surface area contributed by atoms with Crippen molar-refractivity contribution in [2.45, 2.75) is 44.5 Å². The molecular formula is C23H27ClN4O2S. The maximum atomic E-state index is 12.1. The van der Waals surface area contributed by atoms with Crippen LogP contribution >= 0.6 is 23.4 Å². The van der Waals surface area contributed by atoms with Gasteiger partial charge in [0.25, 0.3) is 0 Å². The topological polar surface area (TPSA) is 69.0 Å². The molecule has 6 nitrogen and oxygen atoms in total. The van der Waals surface area contributed by atoms with Crippen LogP contribution in [0.5, 0.6) is 5.75 Å². The van der Waals surface area contributed by atoms with Crippen molar-refractivity contribution in [3.63, 3.8) is 0 Å². The number of rotatable bonds is 8. The summed E-state index contributed by atoms with van der Waals surface area (Å²) in [6, 6.07) is 15.5. The fraction of sp³-hybridized carbons (Fsp3) is 0.348. The van der Waals surface area contributed by atoms with Crippen molar-refractivity contribution in [1.29, 1.82) is 0 Å². The lowest BCUT2D eigenvalue weighted by Crippen LogP contribution is -2.24. The molecule has 164 valence electrons. The molecule has 0 spiro atoms. The van der Waals surface area contributed by atoms with Gasteiger partial charge in [-0.3, -0.25) is 4.79 Å². The fourth-order valence-electron chi connectivity index (χ4n) is 2.78. The normalized spacial score (nSPS) is 11.4. The second-order valence-electron chi connectivity index (χ2n) is 8.21. The highest BCUT2D eigenvalue weighted by Gasteiger charge is 2.14. The predicted octanol–water partition coefficient (Wildman–Crippen LogP) is 4.75. The molecular weight excluding hydrogens is 432 g/mol. The number of nitrogens with zero attached hydrogens (tertiary/aromatic N) is 3. The smallest absolute Gasteiger partial charge is 0.230 e. The number of hydrogen-bond donors (Lipinski definition) is 1. The number of thioether (sulfide) groups is 1. The van der Waals surface area contributed by atoms with E-state index in [0.29, 0.717) is 29.2 Å². The Hall–Kier alpha value is -2.51. The van der Waals surface area contributed by atoms with Crippen LogP contribution in [0.3, 0.4) is 0 Å². The summed E-state index contributed by atoms with van der Waals surface area (Å²) in [5.74, 6) is 1.67. The van der Waals surface area contributed by atoms with Gasteiger partial charge in [0.2, 0.25) is 5.91 Å². The van der Waals surface area contributed by atoms with Crippen molar-refractivity contribution in [2.75, 3.05) is 5.75 Å². The highest BCUT2D eigenvalue weighted by Crippen LogP contribution is 2.24. The molecule has 0 saturated heterocycles. The third kappa shape index (κ3) is 6.74. The molecule has 31 heavy (non-hydrogen) atoms. The van der Waals surface area contributed by atoms with E-state index in [9.17, 15) is 4.79 Å². The first kappa shape index (κ1) is 23.2. The molecule has 8 heteroatoms. The second-order valence-corrected chi connectivity index (χ2v) is 9.59. The van der Waals surface area contributed by atoms with Crippen LogP contribution in [0.25, 0.3) is 0 Å². The van der Waals surface area contributed by atoms with E-state index in [0.717, 1.165) is 11.3 Å². The quantitative estimate of drug-likeness (QED) is 0.493. The van der Waals surface area contributed by atoms with Gasteiger partial charge in [-0.05, 0) is 40.8 Å². The third-order valence-corrected chi connectivity index (χ3v) is 6.02. The molecule has 2 aromatic carbocycles. The van der Waals surface area contributed by atoms with Crippen LogP contribution in [0, 0.1) is 0 Å². The van der Waals surface area contributed by atoms with Gasteiger partial charge in [0.1, 0.15) is 12.4 Å². The predicted molar refractivity (Wildman–Crippen MR) is 124 cm³/mol. The van der Waals surface area contributed by atoms with E-state index in [4.69, 9.17) is 16.3 Å². The number of benzene rings is 2. The highest BCUT2D eigenvalue weighted by molar-refractivity contribution is 7.99. The Bertz CT molecular complexity index is 1010. The molecule has 0 radical (unpaired) electrons. The van der Waals surface area contributed by atoms with Gasteiger partial charge in [0, 0.05) is 18.6 Å². The summed E-state index contributed by atoms with van der Waals surface area (Å²) < 4.78 is 7.70. The summed E-state index contributed by atoms with van der Waals surface area (Å²) >= 11 is 7.21. The van der Waals surface area contributed by atoms with Gasteiger partial charge in [-0.15, -0.1) is 10.2 Å². The van der Waals surface area contributed by atoms with Crippen LogP contribution in [0.1, 0.15) is 37.7 Å². The van der Waals surface area contributed by atoms with Gasteiger partial charge in [-0.2, -0.15) is 0 Å². The van der Waals surface area contributed by atoms with E-state index < -0.39 is 0 Å². The minimum absolute atomic E-state index is 0.0697. The second kappa shape index (κ2) is 10.2. The molecule has 1 aromatic heterocycles. The van der Waals surface area contributed by atoms with E-state index in [-0.39, 0.29) is 17.1 Å². The Balaban J connectivity index is 1.47. The van der Waals surface area contributed by atoms with Gasteiger partial charge >= 0.3 is 0 Å². The molecule has 3 rings (SSSR count). The van der Waals surface area contributed by atoms with Crippen LogP contribution in [-0.4, -0.2) is 26.4 Å². The Morgan fingerprint density at radius 1 is 1.10 bits per heavy atom. The molecule has 0 aliphatic heterocycles. The van der Waals surface area contributed by atoms with Crippen molar-refractivity contribution in [3.8, 4) is 5.75 Å². The maximum absolute atomic E-state index is 12.1. The van der Waals surface area contributed by atoms with Crippen LogP contribution in [0.15, 0.2) is 53.7 Å². The lowest BCUT2D eigenvalue weighted by atomic mass is 9.87. The number of aromatic nitrogens is 3. The molecule has 1 amide bonds. The fourth-order valence-corrected chi connectivity index (χ4v) is 3.67. The van der Waals surface area contributed by atoms with E-state index in [1.165, 1.54) is 17.3 Å². The van der Waals surface area contributed by atoms with Crippen molar-refractivity contribution in [3.05, 3.63) is 70.5 Å². The average molecular weight is 459 g/mol. The largest absolute Gasteiger partial charge is 0.486 e. The minimum Gasteiger partial charge on any atom is -0.486 e. The molecule has 0 saturated carbocycles. The van der Waals surface area contributed by atoms with Crippen LogP contribution in [-0.2, 0) is 30.4 Å². The monoisotopic (exact) mass is 458 g/mol. The zero-order valence-corrected chi connectivity index (χ0v) is 19.8. The SMILES string of the molecule is Cn1c(COc2ccc(C(C)(C)C)cc2)nnc1SCC(=O)NCc1ccc(Cl)cc1. The van der Waals surface area contributed by atoms with Crippen molar-refractivity contribution in [2.24, 2.45) is 7.05 Å². The summed E-state index contributed by atoms with van der Waals surface area (Å²) in [6.45, 7) is 7.31. The molecule has 0 unspecified atom stereocenters. The number of carbonyl (C=O) groups is 1. The molecule has 0 atom stereocenters. The van der Waals surface area contributed by atoms with Gasteiger partial charge in [-0.1, -0.05) is 68.4 Å². The van der Waals surface area contributed by atoms with Gasteiger partial charge in [0.05, 0.1) is 5.75 Å². The van der Waals surface area contributed by atoms with E-state index in [1.807, 2.05) is 35.9 Å². The van der Waals surface area contributed by atoms with Gasteiger partial charge < -0.3 is 14.6 Å². The number of nitrogens with one attached hydrogen (secondary N) is 1. The van der Waals surface area contributed by atoms with E-state index >= 15 is 0 Å². The Morgan fingerprint density at radius 2 is 1.77 bits per heavy atom. The third-order valence-electron chi connectivity index (χ3n) is 4.75. The number of amides is 1. The number of ether oxygens (including phenoxy) is 1. The Labute approximate surface area is 192 Å². The molecule has 3 aromatic rings. The summed E-state index contributed by atoms with van der Waals surface area (Å²) in [7, 11) is 1.87. The highest BCUT2D eigenvalue weighted by atomic mass is 35.5. The molecule has 0 aliphatic carbocycles. The molecule has 0 aliphatic rings. The van der Waals surface area contributed by atoms with Crippen LogP contribution in [0.4, 0.5) is 0 Å². The first-order chi connectivity index (χ1) is 14.7. The zero-order chi connectivity index (χ0) is 22.4. The van der Waals surface area contributed by atoms with E-state index in [2.05, 4.69) is 48.4 Å². The van der Waals surface area contributed by atoms with Crippen LogP contribution < -0.4 is 10.1 Å². The first-order valence-corrected chi connectivity index (χ1v) is 11.3. The van der Waals surface area contributed by atoms with Crippen molar-refractivity contribution < 1.29 is 9.53 Å². The van der Waals surface area contributed by atoms with Gasteiger partial charge in [-0.25, -0.2) is 0 Å². The Morgan fingerprint density at radius 3 is 2.42 bits per heavy atom. The lowest BCUT2D eigenvalue weighted by Gasteiger charge is -2.19. The van der Waals surface area contributed by atoms with E-state index in [1.54, 1.807) is 12.1 Å². The van der Waals surface area contributed by atoms with Crippen molar-refractivity contribution in [1.82, 2.24) is 20.1 Å².